The van der Waals surface area contributed by atoms with Crippen molar-refractivity contribution in [3.63, 3.8) is 0 Å². The van der Waals surface area contributed by atoms with Crippen molar-refractivity contribution in [1.29, 1.82) is 0 Å². The summed E-state index contributed by atoms with van der Waals surface area (Å²) in [7, 11) is 0. The van der Waals surface area contributed by atoms with Crippen molar-refractivity contribution in [1.82, 2.24) is 0 Å². The maximum atomic E-state index is 12.2. The molecule has 3 nitrogen and oxygen atoms in total. The zero-order valence-electron chi connectivity index (χ0n) is 13.5. The number of carbonyl (C=O) groups excluding carboxylic acids is 2. The summed E-state index contributed by atoms with van der Waals surface area (Å²) < 4.78 is 5.23. The standard InChI is InChI=1S/C17H30O3/c1-5-14(11-13-9-7-6-8-10-13)15(18)12-16(19)20-17(2,3)4/h13-14H,5-12H2,1-4H3. The molecule has 20 heavy (non-hydrogen) atoms. The van der Waals surface area contributed by atoms with Crippen LogP contribution in [0.3, 0.4) is 0 Å². The van der Waals surface area contributed by atoms with E-state index in [0.29, 0.717) is 5.92 Å². The molecule has 0 aromatic rings. The highest BCUT2D eigenvalue weighted by molar-refractivity contribution is 5.96. The van der Waals surface area contributed by atoms with Crippen LogP contribution in [0.2, 0.25) is 0 Å². The highest BCUT2D eigenvalue weighted by Crippen LogP contribution is 2.30. The number of hydrogen-bond acceptors (Lipinski definition) is 3. The summed E-state index contributed by atoms with van der Waals surface area (Å²) in [4.78, 5) is 24.0. The average molecular weight is 282 g/mol. The van der Waals surface area contributed by atoms with E-state index in [2.05, 4.69) is 0 Å². The van der Waals surface area contributed by atoms with Crippen molar-refractivity contribution in [3.05, 3.63) is 0 Å². The Morgan fingerprint density at radius 3 is 2.25 bits per heavy atom. The first kappa shape index (κ1) is 17.2. The summed E-state index contributed by atoms with van der Waals surface area (Å²) in [6.07, 6.45) is 8.13. The Kier molecular flexibility index (Phi) is 6.70. The summed E-state index contributed by atoms with van der Waals surface area (Å²) in [5.74, 6) is 0.388. The van der Waals surface area contributed by atoms with Gasteiger partial charge in [-0.1, -0.05) is 39.0 Å². The smallest absolute Gasteiger partial charge is 0.313 e. The van der Waals surface area contributed by atoms with Crippen LogP contribution in [0.5, 0.6) is 0 Å². The van der Waals surface area contributed by atoms with E-state index in [4.69, 9.17) is 4.74 Å². The molecule has 0 radical (unpaired) electrons. The molecule has 0 spiro atoms. The van der Waals surface area contributed by atoms with Crippen molar-refractivity contribution >= 4 is 11.8 Å². The van der Waals surface area contributed by atoms with E-state index in [9.17, 15) is 9.59 Å². The first-order valence-corrected chi connectivity index (χ1v) is 8.06. The predicted octanol–water partition coefficient (Wildman–Crippen LogP) is 4.28. The first-order valence-electron chi connectivity index (χ1n) is 8.06. The van der Waals surface area contributed by atoms with Gasteiger partial charge in [-0.25, -0.2) is 0 Å². The number of ketones is 1. The van der Waals surface area contributed by atoms with Gasteiger partial charge in [0.05, 0.1) is 0 Å². The van der Waals surface area contributed by atoms with E-state index in [1.807, 2.05) is 27.7 Å². The Labute approximate surface area is 123 Å². The van der Waals surface area contributed by atoms with Gasteiger partial charge in [-0.2, -0.15) is 0 Å². The third-order valence-corrected chi connectivity index (χ3v) is 4.03. The molecular weight excluding hydrogens is 252 g/mol. The van der Waals surface area contributed by atoms with Crippen molar-refractivity contribution < 1.29 is 14.3 Å². The summed E-state index contributed by atoms with van der Waals surface area (Å²) in [6.45, 7) is 7.53. The third-order valence-electron chi connectivity index (χ3n) is 4.03. The van der Waals surface area contributed by atoms with Crippen LogP contribution in [-0.4, -0.2) is 17.4 Å². The molecule has 0 aromatic heterocycles. The Morgan fingerprint density at radius 2 is 1.75 bits per heavy atom. The summed E-state index contributed by atoms with van der Waals surface area (Å²) in [6, 6.07) is 0. The van der Waals surface area contributed by atoms with E-state index in [1.54, 1.807) is 0 Å². The van der Waals surface area contributed by atoms with Gasteiger partial charge in [-0.05, 0) is 39.5 Å². The normalized spacial score (nSPS) is 18.6. The fourth-order valence-corrected chi connectivity index (χ4v) is 3.02. The zero-order chi connectivity index (χ0) is 15.2. The van der Waals surface area contributed by atoms with Crippen LogP contribution in [0.1, 0.15) is 79.1 Å². The molecule has 1 aliphatic carbocycles. The second kappa shape index (κ2) is 7.80. The Bertz CT molecular complexity index is 322. The molecule has 1 saturated carbocycles. The van der Waals surface area contributed by atoms with E-state index in [1.165, 1.54) is 32.1 Å². The molecule has 0 aliphatic heterocycles. The SMILES string of the molecule is CCC(CC1CCCCC1)C(=O)CC(=O)OC(C)(C)C. The van der Waals surface area contributed by atoms with Gasteiger partial charge in [0.25, 0.3) is 0 Å². The fourth-order valence-electron chi connectivity index (χ4n) is 3.02. The molecule has 1 fully saturated rings. The molecule has 1 aliphatic rings. The maximum absolute atomic E-state index is 12.2. The number of Topliss-reactive ketones (excluding diaryl/α,β-unsaturated/α-hetero) is 1. The Morgan fingerprint density at radius 1 is 1.15 bits per heavy atom. The lowest BCUT2D eigenvalue weighted by molar-refractivity contribution is -0.156. The van der Waals surface area contributed by atoms with Crippen LogP contribution in [0.4, 0.5) is 0 Å². The number of hydrogen-bond donors (Lipinski definition) is 0. The van der Waals surface area contributed by atoms with Crippen LogP contribution in [0.25, 0.3) is 0 Å². The monoisotopic (exact) mass is 282 g/mol. The lowest BCUT2D eigenvalue weighted by Crippen LogP contribution is -2.28. The predicted molar refractivity (Wildman–Crippen MR) is 80.4 cm³/mol. The lowest BCUT2D eigenvalue weighted by atomic mass is 9.80. The molecule has 1 unspecified atom stereocenters. The molecule has 0 aromatic carbocycles. The summed E-state index contributed by atoms with van der Waals surface area (Å²) in [5.41, 5.74) is -0.511. The van der Waals surface area contributed by atoms with Gasteiger partial charge < -0.3 is 4.74 Å². The van der Waals surface area contributed by atoms with Crippen LogP contribution < -0.4 is 0 Å². The zero-order valence-corrected chi connectivity index (χ0v) is 13.5. The highest BCUT2D eigenvalue weighted by atomic mass is 16.6. The molecule has 0 amide bonds. The molecule has 0 bridgehead atoms. The van der Waals surface area contributed by atoms with Gasteiger partial charge in [0.2, 0.25) is 0 Å². The van der Waals surface area contributed by atoms with Crippen molar-refractivity contribution in [2.75, 3.05) is 0 Å². The molecule has 0 heterocycles. The third kappa shape index (κ3) is 6.53. The number of rotatable bonds is 6. The first-order chi connectivity index (χ1) is 9.31. The van der Waals surface area contributed by atoms with E-state index >= 15 is 0 Å². The molecule has 3 heteroatoms. The molecule has 1 rings (SSSR count). The molecule has 1 atom stereocenters. The molecule has 0 N–H and O–H groups in total. The van der Waals surface area contributed by atoms with E-state index < -0.39 is 5.60 Å². The van der Waals surface area contributed by atoms with E-state index in [0.717, 1.165) is 12.8 Å². The van der Waals surface area contributed by atoms with Crippen molar-refractivity contribution in [2.45, 2.75) is 84.7 Å². The van der Waals surface area contributed by atoms with Gasteiger partial charge in [0.15, 0.2) is 0 Å². The quantitative estimate of drug-likeness (QED) is 0.539. The summed E-state index contributed by atoms with van der Waals surface area (Å²) >= 11 is 0. The van der Waals surface area contributed by atoms with Crippen LogP contribution in [0, 0.1) is 11.8 Å². The van der Waals surface area contributed by atoms with Crippen molar-refractivity contribution in [2.24, 2.45) is 11.8 Å². The molecular formula is C17H30O3. The largest absolute Gasteiger partial charge is 0.460 e. The van der Waals surface area contributed by atoms with Crippen LogP contribution >= 0.6 is 0 Å². The van der Waals surface area contributed by atoms with E-state index in [-0.39, 0.29) is 24.1 Å². The molecule has 0 saturated heterocycles. The Balaban J connectivity index is 2.43. The highest BCUT2D eigenvalue weighted by Gasteiger charge is 2.26. The van der Waals surface area contributed by atoms with Gasteiger partial charge >= 0.3 is 5.97 Å². The number of esters is 1. The van der Waals surface area contributed by atoms with Crippen LogP contribution in [-0.2, 0) is 14.3 Å². The minimum atomic E-state index is -0.511. The minimum Gasteiger partial charge on any atom is -0.460 e. The average Bonchev–Trinajstić information content (AvgIpc) is 2.34. The fraction of sp³-hybridized carbons (Fsp3) is 0.882. The van der Waals surface area contributed by atoms with Gasteiger partial charge in [0.1, 0.15) is 17.8 Å². The second-order valence-electron chi connectivity index (χ2n) is 7.07. The van der Waals surface area contributed by atoms with Crippen molar-refractivity contribution in [3.8, 4) is 0 Å². The topological polar surface area (TPSA) is 43.4 Å². The van der Waals surface area contributed by atoms with Gasteiger partial charge in [0, 0.05) is 5.92 Å². The lowest BCUT2D eigenvalue weighted by Gasteiger charge is -2.25. The van der Waals surface area contributed by atoms with Gasteiger partial charge in [-0.3, -0.25) is 9.59 Å². The Hall–Kier alpha value is -0.860. The maximum Gasteiger partial charge on any atom is 0.313 e. The number of ether oxygens (including phenoxy) is 1. The van der Waals surface area contributed by atoms with Gasteiger partial charge in [-0.15, -0.1) is 0 Å². The van der Waals surface area contributed by atoms with Crippen LogP contribution in [0.15, 0.2) is 0 Å². The second-order valence-corrected chi connectivity index (χ2v) is 7.07. The molecule has 116 valence electrons. The summed E-state index contributed by atoms with van der Waals surface area (Å²) in [5, 5.41) is 0. The minimum absolute atomic E-state index is 0.0330. The number of carbonyl (C=O) groups is 2.